The van der Waals surface area contributed by atoms with Crippen LogP contribution in [0, 0.1) is 0 Å². The molecule has 0 fully saturated rings. The van der Waals surface area contributed by atoms with Gasteiger partial charge in [-0.1, -0.05) is 31.8 Å². The van der Waals surface area contributed by atoms with E-state index in [1.54, 1.807) is 6.08 Å². The van der Waals surface area contributed by atoms with Crippen molar-refractivity contribution in [1.29, 1.82) is 0 Å². The predicted octanol–water partition coefficient (Wildman–Crippen LogP) is 2.95. The zero-order chi connectivity index (χ0) is 11.4. The minimum atomic E-state index is -0.871. The van der Waals surface area contributed by atoms with E-state index in [1.165, 1.54) is 18.9 Å². The summed E-state index contributed by atoms with van der Waals surface area (Å²) in [6, 6.07) is 0. The maximum absolute atomic E-state index is 10.1. The molecule has 0 saturated carbocycles. The van der Waals surface area contributed by atoms with Gasteiger partial charge in [0.2, 0.25) is 0 Å². The summed E-state index contributed by atoms with van der Waals surface area (Å²) in [5.74, 6) is -0.871. The molecule has 0 bridgehead atoms. The summed E-state index contributed by atoms with van der Waals surface area (Å²) in [6.07, 6.45) is 12.1. The van der Waals surface area contributed by atoms with E-state index in [0.717, 1.165) is 38.4 Å². The van der Waals surface area contributed by atoms with Gasteiger partial charge in [-0.05, 0) is 19.3 Å². The van der Waals surface area contributed by atoms with Crippen LogP contribution in [0.3, 0.4) is 0 Å². The third-order valence-corrected chi connectivity index (χ3v) is 2.20. The SMILES string of the molecule is O=CCCCCCCCC/C=C/C(=O)O. The molecule has 0 aliphatic carbocycles. The summed E-state index contributed by atoms with van der Waals surface area (Å²) >= 11 is 0. The standard InChI is InChI=1S/C12H20O3/c13-11-9-7-5-3-1-2-4-6-8-10-12(14)15/h8,10-11H,1-7,9H2,(H,14,15)/b10-8+. The Morgan fingerprint density at radius 2 is 1.47 bits per heavy atom. The number of unbranched alkanes of at least 4 members (excludes halogenated alkanes) is 7. The van der Waals surface area contributed by atoms with E-state index in [-0.39, 0.29) is 0 Å². The van der Waals surface area contributed by atoms with Gasteiger partial charge in [-0.3, -0.25) is 0 Å². The Hall–Kier alpha value is -1.12. The number of aliphatic carboxylic acids is 1. The fourth-order valence-corrected chi connectivity index (χ4v) is 1.38. The summed E-state index contributed by atoms with van der Waals surface area (Å²) in [6.45, 7) is 0. The zero-order valence-electron chi connectivity index (χ0n) is 9.15. The van der Waals surface area contributed by atoms with Crippen LogP contribution < -0.4 is 0 Å². The van der Waals surface area contributed by atoms with Gasteiger partial charge in [-0.25, -0.2) is 4.79 Å². The molecule has 0 aromatic carbocycles. The number of carboxylic acid groups (broad SMARTS) is 1. The molecule has 0 aromatic heterocycles. The number of hydrogen-bond donors (Lipinski definition) is 1. The van der Waals surface area contributed by atoms with Crippen LogP contribution in [0.15, 0.2) is 12.2 Å². The number of carbonyl (C=O) groups is 2. The van der Waals surface area contributed by atoms with Crippen LogP contribution >= 0.6 is 0 Å². The largest absolute Gasteiger partial charge is 0.478 e. The highest BCUT2D eigenvalue weighted by atomic mass is 16.4. The third-order valence-electron chi connectivity index (χ3n) is 2.20. The van der Waals surface area contributed by atoms with Crippen molar-refractivity contribution in [2.75, 3.05) is 0 Å². The summed E-state index contributed by atoms with van der Waals surface area (Å²) in [5, 5.41) is 8.32. The molecule has 0 aliphatic rings. The maximum Gasteiger partial charge on any atom is 0.327 e. The summed E-state index contributed by atoms with van der Waals surface area (Å²) in [5.41, 5.74) is 0. The predicted molar refractivity (Wildman–Crippen MR) is 59.8 cm³/mol. The molecule has 3 heteroatoms. The summed E-state index contributed by atoms with van der Waals surface area (Å²) in [7, 11) is 0. The Morgan fingerprint density at radius 3 is 2.00 bits per heavy atom. The van der Waals surface area contributed by atoms with Crippen molar-refractivity contribution in [2.24, 2.45) is 0 Å². The van der Waals surface area contributed by atoms with Crippen molar-refractivity contribution < 1.29 is 14.7 Å². The number of rotatable bonds is 10. The van der Waals surface area contributed by atoms with Crippen LogP contribution in [0.2, 0.25) is 0 Å². The minimum absolute atomic E-state index is 0.682. The van der Waals surface area contributed by atoms with Crippen LogP contribution in [0.1, 0.15) is 51.4 Å². The van der Waals surface area contributed by atoms with Crippen LogP contribution in [0.5, 0.6) is 0 Å². The van der Waals surface area contributed by atoms with Gasteiger partial charge in [0.15, 0.2) is 0 Å². The second-order valence-corrected chi connectivity index (χ2v) is 3.61. The highest BCUT2D eigenvalue weighted by Crippen LogP contribution is 2.08. The molecule has 86 valence electrons. The van der Waals surface area contributed by atoms with Crippen LogP contribution in [0.4, 0.5) is 0 Å². The number of carboxylic acids is 1. The van der Waals surface area contributed by atoms with Crippen molar-refractivity contribution in [2.45, 2.75) is 51.4 Å². The van der Waals surface area contributed by atoms with E-state index in [2.05, 4.69) is 0 Å². The zero-order valence-corrected chi connectivity index (χ0v) is 9.15. The van der Waals surface area contributed by atoms with Gasteiger partial charge in [0.05, 0.1) is 0 Å². The Bertz CT molecular complexity index is 197. The highest BCUT2D eigenvalue weighted by molar-refractivity contribution is 5.79. The second-order valence-electron chi connectivity index (χ2n) is 3.61. The quantitative estimate of drug-likeness (QED) is 0.344. The van der Waals surface area contributed by atoms with Gasteiger partial charge in [-0.15, -0.1) is 0 Å². The van der Waals surface area contributed by atoms with E-state index in [1.807, 2.05) is 0 Å². The number of carbonyl (C=O) groups excluding carboxylic acids is 1. The first kappa shape index (κ1) is 13.9. The lowest BCUT2D eigenvalue weighted by molar-refractivity contribution is -0.131. The molecule has 0 aliphatic heterocycles. The molecule has 0 spiro atoms. The number of allylic oxidation sites excluding steroid dienone is 1. The first-order valence-corrected chi connectivity index (χ1v) is 5.60. The topological polar surface area (TPSA) is 54.4 Å². The van der Waals surface area contributed by atoms with E-state index in [0.29, 0.717) is 6.42 Å². The first-order chi connectivity index (χ1) is 7.27. The summed E-state index contributed by atoms with van der Waals surface area (Å²) in [4.78, 5) is 20.1. The molecule has 0 saturated heterocycles. The van der Waals surface area contributed by atoms with Crippen molar-refractivity contribution in [3.63, 3.8) is 0 Å². The van der Waals surface area contributed by atoms with Crippen molar-refractivity contribution >= 4 is 12.3 Å². The molecule has 0 unspecified atom stereocenters. The van der Waals surface area contributed by atoms with Crippen LogP contribution in [-0.2, 0) is 9.59 Å². The maximum atomic E-state index is 10.1. The molecule has 1 N–H and O–H groups in total. The lowest BCUT2D eigenvalue weighted by atomic mass is 10.1. The molecule has 0 rings (SSSR count). The lowest BCUT2D eigenvalue weighted by Crippen LogP contribution is -1.85. The van der Waals surface area contributed by atoms with Gasteiger partial charge in [0, 0.05) is 12.5 Å². The third kappa shape index (κ3) is 12.9. The number of hydrogen-bond acceptors (Lipinski definition) is 2. The normalized spacial score (nSPS) is 10.7. The number of aldehydes is 1. The Kier molecular flexibility index (Phi) is 10.1. The molecule has 3 nitrogen and oxygen atoms in total. The van der Waals surface area contributed by atoms with Gasteiger partial charge in [0.1, 0.15) is 6.29 Å². The van der Waals surface area contributed by atoms with Gasteiger partial charge >= 0.3 is 5.97 Å². The van der Waals surface area contributed by atoms with Gasteiger partial charge in [-0.2, -0.15) is 0 Å². The molecular formula is C12H20O3. The van der Waals surface area contributed by atoms with Gasteiger partial charge in [0.25, 0.3) is 0 Å². The molecule has 0 heterocycles. The van der Waals surface area contributed by atoms with Crippen LogP contribution in [-0.4, -0.2) is 17.4 Å². The lowest BCUT2D eigenvalue weighted by Gasteiger charge is -1.98. The molecular weight excluding hydrogens is 192 g/mol. The van der Waals surface area contributed by atoms with Crippen molar-refractivity contribution in [3.8, 4) is 0 Å². The fourth-order valence-electron chi connectivity index (χ4n) is 1.38. The summed E-state index contributed by atoms with van der Waals surface area (Å²) < 4.78 is 0. The average Bonchev–Trinajstić information content (AvgIpc) is 2.20. The van der Waals surface area contributed by atoms with Crippen molar-refractivity contribution in [3.05, 3.63) is 12.2 Å². The van der Waals surface area contributed by atoms with Crippen LogP contribution in [0.25, 0.3) is 0 Å². The second kappa shape index (κ2) is 11.0. The smallest absolute Gasteiger partial charge is 0.327 e. The van der Waals surface area contributed by atoms with E-state index in [4.69, 9.17) is 5.11 Å². The Balaban J connectivity index is 3.05. The van der Waals surface area contributed by atoms with Crippen molar-refractivity contribution in [1.82, 2.24) is 0 Å². The molecule has 0 amide bonds. The molecule has 0 radical (unpaired) electrons. The first-order valence-electron chi connectivity index (χ1n) is 5.60. The van der Waals surface area contributed by atoms with E-state index in [9.17, 15) is 9.59 Å². The molecule has 15 heavy (non-hydrogen) atoms. The Morgan fingerprint density at radius 1 is 0.933 bits per heavy atom. The molecule has 0 aromatic rings. The highest BCUT2D eigenvalue weighted by Gasteiger charge is 1.91. The van der Waals surface area contributed by atoms with E-state index >= 15 is 0 Å². The minimum Gasteiger partial charge on any atom is -0.478 e. The monoisotopic (exact) mass is 212 g/mol. The van der Waals surface area contributed by atoms with E-state index < -0.39 is 5.97 Å². The average molecular weight is 212 g/mol. The van der Waals surface area contributed by atoms with Gasteiger partial charge < -0.3 is 9.90 Å². The molecule has 0 atom stereocenters. The Labute approximate surface area is 91.2 Å². The fraction of sp³-hybridized carbons (Fsp3) is 0.667.